The van der Waals surface area contributed by atoms with Gasteiger partial charge in [0.2, 0.25) is 11.8 Å². The van der Waals surface area contributed by atoms with Crippen molar-refractivity contribution in [1.82, 2.24) is 10.2 Å². The first kappa shape index (κ1) is 37.5. The second-order valence-corrected chi connectivity index (χ2v) is 12.8. The number of hydrogen-bond acceptors (Lipinski definition) is 8. The van der Waals surface area contributed by atoms with E-state index in [0.29, 0.717) is 38.6 Å². The first-order chi connectivity index (χ1) is 22.5. The van der Waals surface area contributed by atoms with Gasteiger partial charge in [0.15, 0.2) is 17.7 Å². The number of carboxylic acid groups (broad SMARTS) is 1. The zero-order valence-corrected chi connectivity index (χ0v) is 27.5. The molecule has 0 saturated carbocycles. The van der Waals surface area contributed by atoms with Gasteiger partial charge in [0.25, 0.3) is 0 Å². The first-order valence-corrected chi connectivity index (χ1v) is 16.5. The Morgan fingerprint density at radius 2 is 1.51 bits per heavy atom. The predicted molar refractivity (Wildman–Crippen MR) is 178 cm³/mol. The number of nitrogens with two attached hydrogens (primary N) is 2. The van der Waals surface area contributed by atoms with Crippen molar-refractivity contribution in [3.63, 3.8) is 0 Å². The van der Waals surface area contributed by atoms with E-state index in [0.717, 1.165) is 11.1 Å². The van der Waals surface area contributed by atoms with E-state index in [2.05, 4.69) is 5.32 Å². The van der Waals surface area contributed by atoms with Crippen LogP contribution in [0.2, 0.25) is 0 Å². The summed E-state index contributed by atoms with van der Waals surface area (Å²) in [6.45, 7) is 4.42. The zero-order valence-electron chi connectivity index (χ0n) is 27.5. The minimum Gasteiger partial charge on any atom is -0.479 e. The summed E-state index contributed by atoms with van der Waals surface area (Å²) >= 11 is 0. The summed E-state index contributed by atoms with van der Waals surface area (Å²) in [5.41, 5.74) is 13.8. The Bertz CT molecular complexity index is 1320. The molecule has 11 nitrogen and oxygen atoms in total. The van der Waals surface area contributed by atoms with Crippen molar-refractivity contribution in [1.29, 1.82) is 0 Å². The number of amides is 2. The highest BCUT2D eigenvalue weighted by atomic mass is 16.5. The molecule has 1 fully saturated rings. The Balaban J connectivity index is 1.77. The van der Waals surface area contributed by atoms with E-state index in [1.807, 2.05) is 74.5 Å². The fourth-order valence-electron chi connectivity index (χ4n) is 5.88. The smallest absolute Gasteiger partial charge is 0.334 e. The van der Waals surface area contributed by atoms with Crippen LogP contribution in [0.3, 0.4) is 0 Å². The van der Waals surface area contributed by atoms with Crippen LogP contribution in [0, 0.1) is 17.8 Å². The molecule has 5 atom stereocenters. The molecule has 11 heteroatoms. The maximum absolute atomic E-state index is 13.9. The van der Waals surface area contributed by atoms with Gasteiger partial charge < -0.3 is 31.5 Å². The third-order valence-corrected chi connectivity index (χ3v) is 8.47. The van der Waals surface area contributed by atoms with Crippen molar-refractivity contribution in [2.45, 2.75) is 77.0 Å². The molecule has 0 spiro atoms. The Hall–Kier alpha value is -3.93. The molecule has 1 unspecified atom stereocenters. The van der Waals surface area contributed by atoms with Crippen molar-refractivity contribution in [2.75, 3.05) is 26.2 Å². The number of nitrogens with zero attached hydrogens (tertiary/aromatic N) is 1. The van der Waals surface area contributed by atoms with E-state index in [9.17, 15) is 29.1 Å². The molecule has 2 aromatic carbocycles. The van der Waals surface area contributed by atoms with Crippen molar-refractivity contribution in [3.05, 3.63) is 71.8 Å². The topological polar surface area (TPSA) is 182 Å². The lowest BCUT2D eigenvalue weighted by Gasteiger charge is -2.33. The highest BCUT2D eigenvalue weighted by Gasteiger charge is 2.35. The number of aliphatic carboxylic acids is 1. The van der Waals surface area contributed by atoms with E-state index in [1.165, 1.54) is 4.90 Å². The quantitative estimate of drug-likeness (QED) is 0.178. The predicted octanol–water partition coefficient (Wildman–Crippen LogP) is 2.53. The van der Waals surface area contributed by atoms with E-state index in [1.54, 1.807) is 0 Å². The number of ketones is 2. The number of carbonyl (C=O) groups excluding carboxylic acids is 4. The van der Waals surface area contributed by atoms with Gasteiger partial charge in [-0.25, -0.2) is 4.79 Å². The monoisotopic (exact) mass is 650 g/mol. The van der Waals surface area contributed by atoms with Crippen LogP contribution in [0.5, 0.6) is 0 Å². The Kier molecular flexibility index (Phi) is 15.2. The summed E-state index contributed by atoms with van der Waals surface area (Å²) in [4.78, 5) is 67.5. The number of carboxylic acids is 1. The first-order valence-electron chi connectivity index (χ1n) is 16.5. The summed E-state index contributed by atoms with van der Waals surface area (Å²) in [5.74, 6) is -3.86. The summed E-state index contributed by atoms with van der Waals surface area (Å²) in [6, 6.07) is 17.2. The molecule has 0 radical (unpaired) electrons. The maximum atomic E-state index is 13.9. The maximum Gasteiger partial charge on any atom is 0.334 e. The number of rotatable bonds is 19. The van der Waals surface area contributed by atoms with E-state index >= 15 is 0 Å². The minimum absolute atomic E-state index is 0.0477. The Morgan fingerprint density at radius 3 is 2.09 bits per heavy atom. The van der Waals surface area contributed by atoms with Gasteiger partial charge >= 0.3 is 5.97 Å². The lowest BCUT2D eigenvalue weighted by molar-refractivity contribution is -0.161. The molecule has 6 N–H and O–H groups in total. The molecular weight excluding hydrogens is 600 g/mol. The second kappa shape index (κ2) is 19.0. The van der Waals surface area contributed by atoms with Crippen molar-refractivity contribution < 1.29 is 33.8 Å². The molecule has 256 valence electrons. The molecule has 1 aliphatic heterocycles. The van der Waals surface area contributed by atoms with Crippen molar-refractivity contribution >= 4 is 29.4 Å². The van der Waals surface area contributed by atoms with Gasteiger partial charge in [0.05, 0.1) is 25.2 Å². The molecule has 0 bridgehead atoms. The van der Waals surface area contributed by atoms with Crippen LogP contribution >= 0.6 is 0 Å². The van der Waals surface area contributed by atoms with Crippen LogP contribution in [0.15, 0.2) is 60.7 Å². The third kappa shape index (κ3) is 12.3. The molecule has 3 rings (SSSR count). The fourth-order valence-corrected chi connectivity index (χ4v) is 5.88. The Morgan fingerprint density at radius 1 is 0.915 bits per heavy atom. The summed E-state index contributed by atoms with van der Waals surface area (Å²) in [5, 5.41) is 12.3. The molecule has 47 heavy (non-hydrogen) atoms. The summed E-state index contributed by atoms with van der Waals surface area (Å²) in [6.07, 6.45) is 0.496. The number of benzene rings is 2. The molecule has 1 saturated heterocycles. The molecule has 1 aliphatic rings. The minimum atomic E-state index is -1.15. The number of hydrogen-bond donors (Lipinski definition) is 4. The van der Waals surface area contributed by atoms with Crippen molar-refractivity contribution in [2.24, 2.45) is 29.2 Å². The highest BCUT2D eigenvalue weighted by molar-refractivity contribution is 5.95. The average molecular weight is 651 g/mol. The van der Waals surface area contributed by atoms with E-state index in [4.69, 9.17) is 16.2 Å². The number of morpholine rings is 1. The van der Waals surface area contributed by atoms with Crippen LogP contribution in [-0.4, -0.2) is 83.8 Å². The standard InChI is InChI=1S/C36H50N4O7/c1-24(2)18-30(32(42)21-27(14-9-15-37)35(44)40-16-17-47-33(23-40)36(45)46)39-34(43)28(19-25-10-5-3-6-11-25)22-31(41)29(38)20-26-12-7-4-8-13-26/h3-8,10-13,24,27-30,33H,9,14-23,37-38H2,1-2H3,(H,39,43)(H,45,46)/t27-,28-,29+,30+,33?/m0/s1. The summed E-state index contributed by atoms with van der Waals surface area (Å²) < 4.78 is 5.26. The lowest BCUT2D eigenvalue weighted by Crippen LogP contribution is -2.51. The largest absolute Gasteiger partial charge is 0.479 e. The van der Waals surface area contributed by atoms with Crippen LogP contribution in [0.1, 0.15) is 57.1 Å². The molecule has 1 heterocycles. The van der Waals surface area contributed by atoms with Crippen LogP contribution in [0.25, 0.3) is 0 Å². The number of nitrogens with one attached hydrogen (secondary N) is 1. The van der Waals surface area contributed by atoms with Gasteiger partial charge in [-0.05, 0) is 55.7 Å². The number of Topliss-reactive ketones (excluding diaryl/α,β-unsaturated/α-hetero) is 2. The molecule has 2 amide bonds. The molecule has 0 aromatic heterocycles. The number of ether oxygens (including phenoxy) is 1. The second-order valence-electron chi connectivity index (χ2n) is 12.8. The van der Waals surface area contributed by atoms with E-state index in [-0.39, 0.29) is 55.9 Å². The zero-order chi connectivity index (χ0) is 34.3. The van der Waals surface area contributed by atoms with Crippen LogP contribution in [-0.2, 0) is 41.6 Å². The SMILES string of the molecule is CC(C)C[C@@H](NC(=O)[C@H](CC(=O)[C@H](N)Cc1ccccc1)Cc1ccccc1)C(=O)C[C@H](CCCN)C(=O)N1CCOC(C(=O)O)C1. The molecule has 2 aromatic rings. The van der Waals surface area contributed by atoms with Gasteiger partial charge in [0.1, 0.15) is 0 Å². The van der Waals surface area contributed by atoms with Crippen LogP contribution < -0.4 is 16.8 Å². The highest BCUT2D eigenvalue weighted by Crippen LogP contribution is 2.22. The summed E-state index contributed by atoms with van der Waals surface area (Å²) in [7, 11) is 0. The van der Waals surface area contributed by atoms with Crippen molar-refractivity contribution in [3.8, 4) is 0 Å². The van der Waals surface area contributed by atoms with Gasteiger partial charge in [-0.3, -0.25) is 19.2 Å². The molecule has 0 aliphatic carbocycles. The third-order valence-electron chi connectivity index (χ3n) is 8.47. The normalized spacial score (nSPS) is 17.4. The van der Waals surface area contributed by atoms with Gasteiger partial charge in [-0.1, -0.05) is 74.5 Å². The lowest BCUT2D eigenvalue weighted by atomic mass is 9.87. The van der Waals surface area contributed by atoms with Gasteiger partial charge in [-0.15, -0.1) is 0 Å². The van der Waals surface area contributed by atoms with Crippen LogP contribution in [0.4, 0.5) is 0 Å². The number of carbonyl (C=O) groups is 5. The fraction of sp³-hybridized carbons (Fsp3) is 0.528. The van der Waals surface area contributed by atoms with Gasteiger partial charge in [0, 0.05) is 31.2 Å². The average Bonchev–Trinajstić information content (AvgIpc) is 3.06. The molecular formula is C36H50N4O7. The van der Waals surface area contributed by atoms with E-state index < -0.39 is 41.9 Å². The Labute approximate surface area is 277 Å². The van der Waals surface area contributed by atoms with Gasteiger partial charge in [-0.2, -0.15) is 0 Å².